The van der Waals surface area contributed by atoms with E-state index in [1.165, 1.54) is 22.3 Å². The molecular weight excluding hydrogens is 352 g/mol. The van der Waals surface area contributed by atoms with Crippen LogP contribution in [0.25, 0.3) is 0 Å². The molecule has 6 heteroatoms. The number of amides is 2. The van der Waals surface area contributed by atoms with E-state index in [9.17, 15) is 9.59 Å². The van der Waals surface area contributed by atoms with E-state index in [0.717, 1.165) is 11.1 Å². The third-order valence-electron chi connectivity index (χ3n) is 5.68. The lowest BCUT2D eigenvalue weighted by Gasteiger charge is -2.32. The first kappa shape index (κ1) is 16.6. The maximum atomic E-state index is 13.4. The molecule has 5 rings (SSSR count). The minimum absolute atomic E-state index is 0.149. The van der Waals surface area contributed by atoms with Crippen LogP contribution in [0, 0.1) is 11.8 Å². The molecule has 2 heterocycles. The number of fused-ring (bicyclic) bond motifs is 1. The standard InChI is InChI=1S/C22H18N4O2/c27-21-19-17(15-7-3-1-4-8-15)11-12-18(16-9-5-2-6-10-16)20(19)22(28)26(21)25-13-23-24-14-25/h1-14,17-20H/t17-,18+,19+,20-. The summed E-state index contributed by atoms with van der Waals surface area (Å²) in [6.45, 7) is 0. The summed E-state index contributed by atoms with van der Waals surface area (Å²) in [4.78, 5) is 26.8. The third-order valence-corrected chi connectivity index (χ3v) is 5.68. The van der Waals surface area contributed by atoms with Gasteiger partial charge in [-0.25, -0.2) is 4.68 Å². The van der Waals surface area contributed by atoms with Crippen LogP contribution < -0.4 is 5.01 Å². The van der Waals surface area contributed by atoms with Gasteiger partial charge in [-0.1, -0.05) is 72.8 Å². The molecule has 0 N–H and O–H groups in total. The first-order valence-corrected chi connectivity index (χ1v) is 9.26. The second-order valence-electron chi connectivity index (χ2n) is 7.14. The smallest absolute Gasteiger partial charge is 0.253 e. The molecule has 0 spiro atoms. The van der Waals surface area contributed by atoms with Gasteiger partial charge in [0.2, 0.25) is 0 Å². The Morgan fingerprint density at radius 2 is 1.07 bits per heavy atom. The normalized spacial score (nSPS) is 26.5. The third kappa shape index (κ3) is 2.49. The molecule has 0 unspecified atom stereocenters. The molecule has 1 aromatic heterocycles. The lowest BCUT2D eigenvalue weighted by atomic mass is 9.68. The van der Waals surface area contributed by atoms with Gasteiger partial charge in [0.05, 0.1) is 11.8 Å². The summed E-state index contributed by atoms with van der Waals surface area (Å²) in [5.41, 5.74) is 2.07. The number of hydrogen-bond acceptors (Lipinski definition) is 4. The highest BCUT2D eigenvalue weighted by Crippen LogP contribution is 2.48. The fourth-order valence-corrected chi connectivity index (χ4v) is 4.44. The van der Waals surface area contributed by atoms with Crippen LogP contribution in [0.3, 0.4) is 0 Å². The van der Waals surface area contributed by atoms with Crippen molar-refractivity contribution >= 4 is 11.8 Å². The van der Waals surface area contributed by atoms with Crippen molar-refractivity contribution in [3.05, 3.63) is 96.6 Å². The fraction of sp³-hybridized carbons (Fsp3) is 0.182. The van der Waals surface area contributed by atoms with E-state index in [4.69, 9.17) is 0 Å². The van der Waals surface area contributed by atoms with E-state index in [2.05, 4.69) is 22.3 Å². The van der Waals surface area contributed by atoms with E-state index in [1.54, 1.807) is 0 Å². The number of rotatable bonds is 3. The Balaban J connectivity index is 1.64. The highest BCUT2D eigenvalue weighted by atomic mass is 16.2. The Hall–Kier alpha value is -3.54. The second-order valence-corrected chi connectivity index (χ2v) is 7.14. The number of allylic oxidation sites excluding steroid dienone is 2. The van der Waals surface area contributed by atoms with Gasteiger partial charge >= 0.3 is 0 Å². The Bertz CT molecular complexity index is 963. The SMILES string of the molecule is O=C1[C@@H]2[C@H](C(=O)N1n1cnnc1)[C@H](c1ccccc1)C=C[C@@H]2c1ccccc1. The van der Waals surface area contributed by atoms with Crippen molar-refractivity contribution in [3.63, 3.8) is 0 Å². The monoisotopic (exact) mass is 370 g/mol. The summed E-state index contributed by atoms with van der Waals surface area (Å²) in [5, 5.41) is 8.71. The summed E-state index contributed by atoms with van der Waals surface area (Å²) >= 11 is 0. The highest BCUT2D eigenvalue weighted by Gasteiger charge is 2.55. The van der Waals surface area contributed by atoms with Crippen molar-refractivity contribution in [1.82, 2.24) is 14.9 Å². The van der Waals surface area contributed by atoms with Crippen molar-refractivity contribution in [1.29, 1.82) is 0 Å². The molecule has 2 aliphatic rings. The second kappa shape index (κ2) is 6.56. The molecule has 1 fully saturated rings. The molecule has 4 atom stereocenters. The number of carbonyl (C=O) groups is 2. The Morgan fingerprint density at radius 3 is 1.50 bits per heavy atom. The molecule has 28 heavy (non-hydrogen) atoms. The summed E-state index contributed by atoms with van der Waals surface area (Å²) < 4.78 is 1.38. The van der Waals surface area contributed by atoms with Crippen LogP contribution in [-0.2, 0) is 9.59 Å². The zero-order chi connectivity index (χ0) is 19.1. The molecule has 6 nitrogen and oxygen atoms in total. The Labute approximate surface area is 162 Å². The van der Waals surface area contributed by atoms with Gasteiger partial charge in [0.15, 0.2) is 0 Å². The molecule has 1 saturated heterocycles. The lowest BCUT2D eigenvalue weighted by Crippen LogP contribution is -2.40. The van der Waals surface area contributed by atoms with Crippen molar-refractivity contribution in [3.8, 4) is 0 Å². The molecule has 0 saturated carbocycles. The van der Waals surface area contributed by atoms with Gasteiger partial charge in [-0.15, -0.1) is 10.2 Å². The summed E-state index contributed by atoms with van der Waals surface area (Å²) in [6, 6.07) is 19.8. The van der Waals surface area contributed by atoms with Crippen LogP contribution in [0.5, 0.6) is 0 Å². The zero-order valence-electron chi connectivity index (χ0n) is 15.0. The number of nitrogens with zero attached hydrogens (tertiary/aromatic N) is 4. The van der Waals surface area contributed by atoms with Crippen molar-refractivity contribution in [2.24, 2.45) is 11.8 Å². The van der Waals surface area contributed by atoms with Gasteiger partial charge in [-0.3, -0.25) is 9.59 Å². The van der Waals surface area contributed by atoms with Gasteiger partial charge in [-0.2, -0.15) is 5.01 Å². The van der Waals surface area contributed by atoms with Crippen LogP contribution in [0.1, 0.15) is 23.0 Å². The average Bonchev–Trinajstić information content (AvgIpc) is 3.36. The molecule has 1 aliphatic carbocycles. The first-order valence-electron chi connectivity index (χ1n) is 9.26. The molecule has 0 bridgehead atoms. The van der Waals surface area contributed by atoms with E-state index in [0.29, 0.717) is 0 Å². The largest absolute Gasteiger partial charge is 0.272 e. The number of carbonyl (C=O) groups excluding carboxylic acids is 2. The Kier molecular flexibility index (Phi) is 3.90. The van der Waals surface area contributed by atoms with Crippen LogP contribution in [-0.4, -0.2) is 26.7 Å². The molecule has 3 aromatic rings. The predicted molar refractivity (Wildman–Crippen MR) is 103 cm³/mol. The summed E-state index contributed by atoms with van der Waals surface area (Å²) in [7, 11) is 0. The topological polar surface area (TPSA) is 68.1 Å². The van der Waals surface area contributed by atoms with E-state index in [-0.39, 0.29) is 23.7 Å². The summed E-state index contributed by atoms with van der Waals surface area (Å²) in [5.74, 6) is -1.66. The predicted octanol–water partition coefficient (Wildman–Crippen LogP) is 2.65. The number of hydrogen-bond donors (Lipinski definition) is 0. The zero-order valence-corrected chi connectivity index (χ0v) is 15.0. The van der Waals surface area contributed by atoms with Gasteiger partial charge in [0.25, 0.3) is 11.8 Å². The lowest BCUT2D eigenvalue weighted by molar-refractivity contribution is -0.124. The molecule has 2 amide bonds. The van der Waals surface area contributed by atoms with E-state index < -0.39 is 11.8 Å². The van der Waals surface area contributed by atoms with Crippen molar-refractivity contribution in [2.75, 3.05) is 5.01 Å². The molecule has 0 radical (unpaired) electrons. The van der Waals surface area contributed by atoms with Gasteiger partial charge in [0.1, 0.15) is 12.7 Å². The van der Waals surface area contributed by atoms with E-state index in [1.807, 2.05) is 60.7 Å². The van der Waals surface area contributed by atoms with E-state index >= 15 is 0 Å². The minimum Gasteiger partial charge on any atom is -0.272 e. The van der Waals surface area contributed by atoms with Gasteiger partial charge < -0.3 is 0 Å². The van der Waals surface area contributed by atoms with Crippen LogP contribution in [0.4, 0.5) is 0 Å². The molecule has 138 valence electrons. The highest BCUT2D eigenvalue weighted by molar-refractivity contribution is 6.17. The Morgan fingerprint density at radius 1 is 0.643 bits per heavy atom. The number of aromatic nitrogens is 3. The minimum atomic E-state index is -0.465. The van der Waals surface area contributed by atoms with Crippen LogP contribution in [0.2, 0.25) is 0 Å². The molecule has 2 aromatic carbocycles. The fourth-order valence-electron chi connectivity index (χ4n) is 4.44. The number of imide groups is 1. The average molecular weight is 370 g/mol. The quantitative estimate of drug-likeness (QED) is 0.525. The number of benzene rings is 2. The molecular formula is C22H18N4O2. The van der Waals surface area contributed by atoms with Crippen LogP contribution in [0.15, 0.2) is 85.5 Å². The van der Waals surface area contributed by atoms with Gasteiger partial charge in [0, 0.05) is 11.8 Å². The van der Waals surface area contributed by atoms with Gasteiger partial charge in [-0.05, 0) is 11.1 Å². The molecule has 1 aliphatic heterocycles. The van der Waals surface area contributed by atoms with Crippen molar-refractivity contribution in [2.45, 2.75) is 11.8 Å². The summed E-state index contributed by atoms with van der Waals surface area (Å²) in [6.07, 6.45) is 6.93. The maximum Gasteiger partial charge on any atom is 0.253 e. The maximum absolute atomic E-state index is 13.4. The first-order chi connectivity index (χ1) is 13.8. The van der Waals surface area contributed by atoms with Crippen molar-refractivity contribution < 1.29 is 9.59 Å². The van der Waals surface area contributed by atoms with Crippen LogP contribution >= 0.6 is 0 Å².